The van der Waals surface area contributed by atoms with Gasteiger partial charge in [0.2, 0.25) is 0 Å². The van der Waals surface area contributed by atoms with Crippen LogP contribution >= 0.6 is 0 Å². The summed E-state index contributed by atoms with van der Waals surface area (Å²) in [5, 5.41) is 4.23. The first-order valence-electron chi connectivity index (χ1n) is 7.94. The Hall–Kier alpha value is -2.18. The topological polar surface area (TPSA) is 74.4 Å². The number of rotatable bonds is 5. The third kappa shape index (κ3) is 3.97. The van der Waals surface area contributed by atoms with Gasteiger partial charge in [0.1, 0.15) is 5.69 Å². The average Bonchev–Trinajstić information content (AvgIpc) is 2.59. The second-order valence-electron chi connectivity index (χ2n) is 5.66. The molecule has 2 heterocycles. The molecule has 1 aliphatic rings. The Morgan fingerprint density at radius 3 is 2.87 bits per heavy atom. The number of aromatic nitrogens is 1. The number of benzene rings is 1. The molecule has 3 rings (SSSR count). The Labute approximate surface area is 134 Å². The molecule has 0 aliphatic carbocycles. The van der Waals surface area contributed by atoms with E-state index in [-0.39, 0.29) is 11.5 Å². The molecular weight excluding hydrogens is 294 g/mol. The maximum Gasteiger partial charge on any atom is 0.267 e. The van der Waals surface area contributed by atoms with E-state index in [9.17, 15) is 9.59 Å². The van der Waals surface area contributed by atoms with Gasteiger partial charge >= 0.3 is 0 Å². The van der Waals surface area contributed by atoms with Crippen molar-refractivity contribution in [1.82, 2.24) is 15.2 Å². The van der Waals surface area contributed by atoms with Gasteiger partial charge in [-0.25, -0.2) is 0 Å². The highest BCUT2D eigenvalue weighted by atomic mass is 16.5. The lowest BCUT2D eigenvalue weighted by Gasteiger charge is -2.26. The summed E-state index contributed by atoms with van der Waals surface area (Å²) >= 11 is 0. The molecule has 0 spiro atoms. The minimum Gasteiger partial charge on any atom is -0.379 e. The summed E-state index contributed by atoms with van der Waals surface area (Å²) in [6.45, 7) is 5.00. The third-order valence-electron chi connectivity index (χ3n) is 4.04. The number of nitrogens with one attached hydrogen (secondary N) is 2. The lowest BCUT2D eigenvalue weighted by Crippen LogP contribution is -2.38. The Kier molecular flexibility index (Phi) is 5.05. The molecule has 0 unspecified atom stereocenters. The van der Waals surface area contributed by atoms with Crippen molar-refractivity contribution < 1.29 is 9.53 Å². The molecule has 1 aliphatic heterocycles. The van der Waals surface area contributed by atoms with E-state index >= 15 is 0 Å². The van der Waals surface area contributed by atoms with Gasteiger partial charge < -0.3 is 15.0 Å². The van der Waals surface area contributed by atoms with Crippen LogP contribution in [0.1, 0.15) is 16.9 Å². The number of carbonyl (C=O) groups excluding carboxylic acids is 1. The fourth-order valence-corrected chi connectivity index (χ4v) is 2.76. The van der Waals surface area contributed by atoms with Gasteiger partial charge in [-0.3, -0.25) is 14.5 Å². The van der Waals surface area contributed by atoms with Crippen molar-refractivity contribution >= 4 is 16.7 Å². The van der Waals surface area contributed by atoms with Crippen LogP contribution in [0.15, 0.2) is 35.1 Å². The zero-order chi connectivity index (χ0) is 16.1. The van der Waals surface area contributed by atoms with Crippen LogP contribution in [0.4, 0.5) is 0 Å². The van der Waals surface area contributed by atoms with E-state index in [0.29, 0.717) is 17.6 Å². The van der Waals surface area contributed by atoms with Gasteiger partial charge in [0, 0.05) is 25.0 Å². The Morgan fingerprint density at radius 2 is 2.04 bits per heavy atom. The predicted octanol–water partition coefficient (Wildman–Crippen LogP) is 0.980. The van der Waals surface area contributed by atoms with E-state index in [0.717, 1.165) is 44.7 Å². The van der Waals surface area contributed by atoms with Gasteiger partial charge in [0.15, 0.2) is 0 Å². The molecule has 1 saturated heterocycles. The van der Waals surface area contributed by atoms with Crippen LogP contribution < -0.4 is 10.9 Å². The van der Waals surface area contributed by atoms with Crippen molar-refractivity contribution in [2.24, 2.45) is 0 Å². The first-order valence-corrected chi connectivity index (χ1v) is 7.94. The molecule has 6 nitrogen and oxygen atoms in total. The van der Waals surface area contributed by atoms with Gasteiger partial charge in [-0.05, 0) is 30.5 Å². The number of morpholine rings is 1. The van der Waals surface area contributed by atoms with E-state index in [1.807, 2.05) is 18.2 Å². The predicted molar refractivity (Wildman–Crippen MR) is 88.8 cm³/mol. The van der Waals surface area contributed by atoms with Crippen molar-refractivity contribution in [2.75, 3.05) is 39.4 Å². The number of ether oxygens (including phenoxy) is 1. The summed E-state index contributed by atoms with van der Waals surface area (Å²) in [6, 6.07) is 8.96. The molecule has 1 aromatic carbocycles. The van der Waals surface area contributed by atoms with Gasteiger partial charge in [-0.15, -0.1) is 0 Å². The van der Waals surface area contributed by atoms with Gasteiger partial charge in [-0.2, -0.15) is 0 Å². The number of pyridine rings is 1. The monoisotopic (exact) mass is 315 g/mol. The SMILES string of the molecule is O=C(NCCCN1CCOCC1)c1cc2ccccc2c(=O)[nH]1. The zero-order valence-electron chi connectivity index (χ0n) is 13.0. The summed E-state index contributed by atoms with van der Waals surface area (Å²) in [5.74, 6) is -0.241. The molecule has 122 valence electrons. The van der Waals surface area contributed by atoms with Crippen LogP contribution in [0.3, 0.4) is 0 Å². The number of H-pyrrole nitrogens is 1. The molecule has 0 bridgehead atoms. The highest BCUT2D eigenvalue weighted by Crippen LogP contribution is 2.09. The Bertz CT molecular complexity index is 735. The summed E-state index contributed by atoms with van der Waals surface area (Å²) in [5.41, 5.74) is 0.0710. The van der Waals surface area contributed by atoms with Crippen molar-refractivity contribution in [2.45, 2.75) is 6.42 Å². The first kappa shape index (κ1) is 15.7. The molecule has 1 amide bonds. The van der Waals surface area contributed by atoms with E-state index in [1.54, 1.807) is 12.1 Å². The molecule has 6 heteroatoms. The minimum atomic E-state index is -0.241. The van der Waals surface area contributed by atoms with Crippen LogP contribution in [0, 0.1) is 0 Å². The van der Waals surface area contributed by atoms with Gasteiger partial charge in [-0.1, -0.05) is 18.2 Å². The van der Waals surface area contributed by atoms with Crippen LogP contribution in [0.5, 0.6) is 0 Å². The molecule has 2 aromatic rings. The molecule has 0 saturated carbocycles. The smallest absolute Gasteiger partial charge is 0.267 e. The number of aromatic amines is 1. The standard InChI is InChI=1S/C17H21N3O3/c21-16-14-5-2-1-4-13(14)12-15(19-16)17(22)18-6-3-7-20-8-10-23-11-9-20/h1-2,4-5,12H,3,6-11H2,(H,18,22)(H,19,21). The highest BCUT2D eigenvalue weighted by Gasteiger charge is 2.11. The number of hydrogen-bond acceptors (Lipinski definition) is 4. The fourth-order valence-electron chi connectivity index (χ4n) is 2.76. The zero-order valence-corrected chi connectivity index (χ0v) is 13.0. The van der Waals surface area contributed by atoms with Crippen molar-refractivity contribution in [3.05, 3.63) is 46.4 Å². The molecule has 23 heavy (non-hydrogen) atoms. The lowest BCUT2D eigenvalue weighted by atomic mass is 10.1. The minimum absolute atomic E-state index is 0.235. The van der Waals surface area contributed by atoms with Crippen LogP contribution in [0.25, 0.3) is 10.8 Å². The molecule has 2 N–H and O–H groups in total. The maximum absolute atomic E-state index is 12.2. The van der Waals surface area contributed by atoms with Crippen molar-refractivity contribution in [3.8, 4) is 0 Å². The van der Waals surface area contributed by atoms with Gasteiger partial charge in [0.05, 0.1) is 13.2 Å². The molecule has 1 aromatic heterocycles. The number of fused-ring (bicyclic) bond motifs is 1. The number of amides is 1. The molecule has 1 fully saturated rings. The van der Waals surface area contributed by atoms with Crippen LogP contribution in [-0.2, 0) is 4.74 Å². The Morgan fingerprint density at radius 1 is 1.26 bits per heavy atom. The molecular formula is C17H21N3O3. The number of carbonyl (C=O) groups is 1. The molecule has 0 atom stereocenters. The number of hydrogen-bond donors (Lipinski definition) is 2. The van der Waals surface area contributed by atoms with E-state index in [4.69, 9.17) is 4.74 Å². The van der Waals surface area contributed by atoms with E-state index in [2.05, 4.69) is 15.2 Å². The number of nitrogens with zero attached hydrogens (tertiary/aromatic N) is 1. The van der Waals surface area contributed by atoms with Gasteiger partial charge in [0.25, 0.3) is 11.5 Å². The second kappa shape index (κ2) is 7.39. The quantitative estimate of drug-likeness (QED) is 0.807. The summed E-state index contributed by atoms with van der Waals surface area (Å²) in [6.07, 6.45) is 0.879. The van der Waals surface area contributed by atoms with Crippen LogP contribution in [0.2, 0.25) is 0 Å². The summed E-state index contributed by atoms with van der Waals surface area (Å²) in [4.78, 5) is 29.1. The summed E-state index contributed by atoms with van der Waals surface area (Å²) in [7, 11) is 0. The van der Waals surface area contributed by atoms with Crippen molar-refractivity contribution in [1.29, 1.82) is 0 Å². The van der Waals surface area contributed by atoms with E-state index in [1.165, 1.54) is 0 Å². The van der Waals surface area contributed by atoms with Crippen LogP contribution in [-0.4, -0.2) is 55.2 Å². The Balaban J connectivity index is 1.55. The molecule has 0 radical (unpaired) electrons. The fraction of sp³-hybridized carbons (Fsp3) is 0.412. The third-order valence-corrected chi connectivity index (χ3v) is 4.04. The maximum atomic E-state index is 12.2. The first-order chi connectivity index (χ1) is 11.2. The normalized spacial score (nSPS) is 15.7. The average molecular weight is 315 g/mol. The van der Waals surface area contributed by atoms with Crippen molar-refractivity contribution in [3.63, 3.8) is 0 Å². The largest absolute Gasteiger partial charge is 0.379 e. The highest BCUT2D eigenvalue weighted by molar-refractivity contribution is 5.96. The second-order valence-corrected chi connectivity index (χ2v) is 5.66. The lowest BCUT2D eigenvalue weighted by molar-refractivity contribution is 0.0374. The van der Waals surface area contributed by atoms with E-state index < -0.39 is 0 Å². The summed E-state index contributed by atoms with van der Waals surface area (Å²) < 4.78 is 5.30.